The summed E-state index contributed by atoms with van der Waals surface area (Å²) in [7, 11) is 0. The summed E-state index contributed by atoms with van der Waals surface area (Å²) < 4.78 is 14.0. The smallest absolute Gasteiger partial charge is 0.329 e. The van der Waals surface area contributed by atoms with Crippen molar-refractivity contribution in [1.29, 1.82) is 0 Å². The molecule has 1 saturated carbocycles. The Morgan fingerprint density at radius 3 is 2.02 bits per heavy atom. The van der Waals surface area contributed by atoms with Crippen LogP contribution in [0.4, 0.5) is 22.7 Å². The summed E-state index contributed by atoms with van der Waals surface area (Å²) in [6.07, 6.45) is 4.77. The Balaban J connectivity index is 1.26. The lowest BCUT2D eigenvalue weighted by molar-refractivity contribution is 0.199. The number of benzene rings is 7. The Kier molecular flexibility index (Phi) is 7.29. The molecule has 5 heteroatoms. The third kappa shape index (κ3) is 4.78. The fourth-order valence-corrected chi connectivity index (χ4v) is 12.6. The number of rotatable bonds is 2. The summed E-state index contributed by atoms with van der Waals surface area (Å²) in [5.74, 6) is 0. The standard InChI is InChI=1S/C58H53BN2O2/c1-55(2,3)35-24-26-44(39(30-35)34-18-10-9-11-19-34)60-45-33-40-37-20-12-14-22-46(37)63-54(40)50-41-31-36(56(4,5)6)32-42-52(41)61(58(8)29-17-16-28-57(42,58)7)59(51(45)50)43-25-27-48-49(53(43)60)38-21-13-15-23-47(38)62-48/h9-15,18-27,30-33H,16-17,28-29H2,1-8H3. The van der Waals surface area contributed by atoms with Gasteiger partial charge in [-0.25, -0.2) is 0 Å². The number of furan rings is 2. The van der Waals surface area contributed by atoms with Crippen molar-refractivity contribution < 1.29 is 8.83 Å². The second kappa shape index (κ2) is 12.3. The lowest BCUT2D eigenvalue weighted by atomic mass is 9.42. The van der Waals surface area contributed by atoms with Gasteiger partial charge in [0.1, 0.15) is 22.3 Å². The normalized spacial score (nSPS) is 20.2. The van der Waals surface area contributed by atoms with Gasteiger partial charge in [0.2, 0.25) is 0 Å². The van der Waals surface area contributed by atoms with Gasteiger partial charge in [-0.15, -0.1) is 0 Å². The maximum atomic E-state index is 7.21. The van der Waals surface area contributed by atoms with Gasteiger partial charge in [0.05, 0.1) is 16.8 Å². The molecule has 7 aromatic carbocycles. The third-order valence-electron chi connectivity index (χ3n) is 16.1. The Labute approximate surface area is 370 Å². The first-order chi connectivity index (χ1) is 30.3. The van der Waals surface area contributed by atoms with Crippen molar-refractivity contribution in [3.05, 3.63) is 144 Å². The molecule has 4 nitrogen and oxygen atoms in total. The maximum absolute atomic E-state index is 7.21. The van der Waals surface area contributed by atoms with Gasteiger partial charge >= 0.3 is 6.85 Å². The summed E-state index contributed by atoms with van der Waals surface area (Å²) >= 11 is 0. The van der Waals surface area contributed by atoms with Gasteiger partial charge in [-0.05, 0) is 106 Å². The van der Waals surface area contributed by atoms with Crippen LogP contribution in [-0.2, 0) is 16.2 Å². The van der Waals surface area contributed by atoms with Gasteiger partial charge in [-0.3, -0.25) is 0 Å². The minimum Gasteiger partial charge on any atom is -0.456 e. The highest BCUT2D eigenvalue weighted by atomic mass is 16.3. The molecule has 0 radical (unpaired) electrons. The van der Waals surface area contributed by atoms with E-state index in [1.54, 1.807) is 0 Å². The van der Waals surface area contributed by atoms with Crippen molar-refractivity contribution in [3.8, 4) is 22.3 Å². The van der Waals surface area contributed by atoms with Crippen LogP contribution in [0.1, 0.15) is 97.8 Å². The Morgan fingerprint density at radius 1 is 0.571 bits per heavy atom. The molecule has 9 aromatic rings. The minimum atomic E-state index is -0.127. The molecule has 0 amide bonds. The van der Waals surface area contributed by atoms with E-state index >= 15 is 0 Å². The number of nitrogens with zero attached hydrogens (tertiary/aromatic N) is 2. The van der Waals surface area contributed by atoms with E-state index in [0.29, 0.717) is 0 Å². The highest BCUT2D eigenvalue weighted by Crippen LogP contribution is 2.64. The van der Waals surface area contributed by atoms with Crippen molar-refractivity contribution in [1.82, 2.24) is 0 Å². The zero-order valence-electron chi connectivity index (χ0n) is 37.7. The number of fused-ring (bicyclic) bond motifs is 15. The predicted octanol–water partition coefficient (Wildman–Crippen LogP) is 14.7. The number of para-hydroxylation sites is 2. The van der Waals surface area contributed by atoms with Crippen molar-refractivity contribution in [2.24, 2.45) is 0 Å². The summed E-state index contributed by atoms with van der Waals surface area (Å²) in [4.78, 5) is 5.58. The second-order valence-corrected chi connectivity index (χ2v) is 21.6. The van der Waals surface area contributed by atoms with Gasteiger partial charge in [0.15, 0.2) is 0 Å². The predicted molar refractivity (Wildman–Crippen MR) is 266 cm³/mol. The van der Waals surface area contributed by atoms with E-state index in [9.17, 15) is 0 Å². The van der Waals surface area contributed by atoms with Crippen LogP contribution in [-0.4, -0.2) is 12.4 Å². The first-order valence-electron chi connectivity index (χ1n) is 23.2. The molecule has 1 fully saturated rings. The summed E-state index contributed by atoms with van der Waals surface area (Å²) in [6.45, 7) is 19.2. The molecule has 2 unspecified atom stereocenters. The van der Waals surface area contributed by atoms with Crippen LogP contribution in [0.25, 0.3) is 66.1 Å². The molecule has 13 rings (SSSR count). The first-order valence-corrected chi connectivity index (χ1v) is 23.2. The van der Waals surface area contributed by atoms with Crippen molar-refractivity contribution >= 4 is 84.4 Å². The molecular weight excluding hydrogens is 767 g/mol. The van der Waals surface area contributed by atoms with Crippen molar-refractivity contribution in [3.63, 3.8) is 0 Å². The zero-order chi connectivity index (χ0) is 42.9. The number of hydrogen-bond donors (Lipinski definition) is 0. The van der Waals surface area contributed by atoms with Crippen molar-refractivity contribution in [2.45, 2.75) is 103 Å². The molecule has 5 heterocycles. The van der Waals surface area contributed by atoms with Crippen LogP contribution in [0.15, 0.2) is 136 Å². The van der Waals surface area contributed by atoms with E-state index in [1.165, 1.54) is 86.2 Å². The quantitative estimate of drug-likeness (QED) is 0.163. The molecule has 0 spiro atoms. The summed E-state index contributed by atoms with van der Waals surface area (Å²) in [5.41, 5.74) is 20.3. The highest BCUT2D eigenvalue weighted by molar-refractivity contribution is 6.93. The summed E-state index contributed by atoms with van der Waals surface area (Å²) in [5, 5.41) is 4.60. The fourth-order valence-electron chi connectivity index (χ4n) is 12.6. The average Bonchev–Trinajstić information content (AvgIpc) is 3.91. The molecule has 2 atom stereocenters. The monoisotopic (exact) mass is 820 g/mol. The van der Waals surface area contributed by atoms with E-state index in [2.05, 4.69) is 192 Å². The number of hydrogen-bond acceptors (Lipinski definition) is 4. The van der Waals surface area contributed by atoms with Crippen LogP contribution in [0, 0.1) is 0 Å². The van der Waals surface area contributed by atoms with Crippen molar-refractivity contribution in [2.75, 3.05) is 9.71 Å². The highest BCUT2D eigenvalue weighted by Gasteiger charge is 2.63. The average molecular weight is 821 g/mol. The lowest BCUT2D eigenvalue weighted by Gasteiger charge is -2.55. The van der Waals surface area contributed by atoms with E-state index < -0.39 is 0 Å². The SMILES string of the molecule is CC(C)(C)c1ccc(N2c3cc4c(oc5ccccc54)c4c3B(c3ccc5oc6ccccc6c5c32)N2c3c-4cc(C(C)(C)C)cc3C3(C)CCCCC23C)c(-c2ccccc2)c1. The topological polar surface area (TPSA) is 32.8 Å². The molecule has 4 aliphatic rings. The molecule has 1 aliphatic carbocycles. The minimum absolute atomic E-state index is 0.0429. The van der Waals surface area contributed by atoms with E-state index in [0.717, 1.165) is 56.0 Å². The van der Waals surface area contributed by atoms with E-state index in [1.807, 2.05) is 0 Å². The molecule has 0 bridgehead atoms. The Morgan fingerprint density at radius 2 is 1.25 bits per heavy atom. The first kappa shape index (κ1) is 37.4. The molecule has 310 valence electrons. The van der Waals surface area contributed by atoms with Gasteiger partial charge < -0.3 is 18.5 Å². The van der Waals surface area contributed by atoms with Crippen LogP contribution in [0.3, 0.4) is 0 Å². The molecule has 63 heavy (non-hydrogen) atoms. The lowest BCUT2D eigenvalue weighted by Crippen LogP contribution is -2.70. The van der Waals surface area contributed by atoms with Crippen LogP contribution in [0.2, 0.25) is 0 Å². The van der Waals surface area contributed by atoms with Gasteiger partial charge in [0, 0.05) is 55.2 Å². The largest absolute Gasteiger partial charge is 0.456 e. The van der Waals surface area contributed by atoms with Crippen LogP contribution in [0.5, 0.6) is 0 Å². The molecule has 3 aliphatic heterocycles. The summed E-state index contributed by atoms with van der Waals surface area (Å²) in [6, 6.07) is 47.9. The molecule has 2 aromatic heterocycles. The fraction of sp³-hybridized carbons (Fsp3) is 0.276. The third-order valence-corrected chi connectivity index (χ3v) is 16.1. The number of anilines is 4. The van der Waals surface area contributed by atoms with E-state index in [-0.39, 0.29) is 28.6 Å². The van der Waals surface area contributed by atoms with Gasteiger partial charge in [0.25, 0.3) is 0 Å². The molecule has 0 saturated heterocycles. The molecular formula is C58H53BN2O2. The van der Waals surface area contributed by atoms with Gasteiger partial charge in [-0.1, -0.05) is 146 Å². The Bertz CT molecular complexity index is 3430. The Hall–Kier alpha value is -6.20. The maximum Gasteiger partial charge on any atom is 0.329 e. The van der Waals surface area contributed by atoms with Crippen LogP contribution < -0.4 is 20.6 Å². The zero-order valence-corrected chi connectivity index (χ0v) is 37.7. The van der Waals surface area contributed by atoms with E-state index in [4.69, 9.17) is 8.83 Å². The van der Waals surface area contributed by atoms with Crippen LogP contribution >= 0.6 is 0 Å². The van der Waals surface area contributed by atoms with Gasteiger partial charge in [-0.2, -0.15) is 0 Å². The molecule has 0 N–H and O–H groups in total. The second-order valence-electron chi connectivity index (χ2n) is 21.6.